The molecule has 4 rings (SSSR count). The Morgan fingerprint density at radius 1 is 1.24 bits per heavy atom. The van der Waals surface area contributed by atoms with Gasteiger partial charge in [-0.2, -0.15) is 5.10 Å². The Balaban J connectivity index is 1.61. The minimum atomic E-state index is -0.610. The molecule has 2 N–H and O–H groups in total. The summed E-state index contributed by atoms with van der Waals surface area (Å²) in [7, 11) is 0. The number of nitrogens with one attached hydrogen (secondary N) is 2. The smallest absolute Gasteiger partial charge is 0.256 e. The standard InChI is InChI=1S/C17H13FN6O/c18-12-5-6-13-16(22-9-21-13)15(12)17(25)20-7-11-3-1-2-4-14(11)24-10-19-8-23-24/h1-6,8-10H,7H2,(H,20,25)(H,21,22). The highest BCUT2D eigenvalue weighted by molar-refractivity contribution is 6.05. The van der Waals surface area contributed by atoms with Crippen LogP contribution >= 0.6 is 0 Å². The van der Waals surface area contributed by atoms with Crippen LogP contribution in [0.3, 0.4) is 0 Å². The van der Waals surface area contributed by atoms with E-state index in [2.05, 4.69) is 25.4 Å². The van der Waals surface area contributed by atoms with Gasteiger partial charge < -0.3 is 10.3 Å². The van der Waals surface area contributed by atoms with Gasteiger partial charge >= 0.3 is 0 Å². The molecule has 0 atom stereocenters. The number of rotatable bonds is 4. The molecule has 2 heterocycles. The molecule has 0 saturated carbocycles. The number of aromatic amines is 1. The molecule has 2 aromatic heterocycles. The number of carbonyl (C=O) groups excluding carboxylic acids is 1. The van der Waals surface area contributed by atoms with E-state index >= 15 is 0 Å². The van der Waals surface area contributed by atoms with Gasteiger partial charge in [-0.05, 0) is 23.8 Å². The number of hydrogen-bond donors (Lipinski definition) is 2. The van der Waals surface area contributed by atoms with Gasteiger partial charge in [0.1, 0.15) is 29.6 Å². The molecule has 0 bridgehead atoms. The second-order valence-electron chi connectivity index (χ2n) is 5.37. The average molecular weight is 336 g/mol. The van der Waals surface area contributed by atoms with Crippen molar-refractivity contribution in [3.63, 3.8) is 0 Å². The Kier molecular flexibility index (Phi) is 3.70. The van der Waals surface area contributed by atoms with E-state index in [0.29, 0.717) is 11.0 Å². The van der Waals surface area contributed by atoms with Crippen LogP contribution in [-0.2, 0) is 6.54 Å². The van der Waals surface area contributed by atoms with Gasteiger partial charge in [-0.15, -0.1) is 0 Å². The minimum absolute atomic E-state index is 0.0722. The number of halogens is 1. The van der Waals surface area contributed by atoms with Gasteiger partial charge in [0.05, 0.1) is 17.5 Å². The maximum Gasteiger partial charge on any atom is 0.256 e. The fourth-order valence-electron chi connectivity index (χ4n) is 2.68. The van der Waals surface area contributed by atoms with Crippen molar-refractivity contribution in [1.82, 2.24) is 30.0 Å². The lowest BCUT2D eigenvalue weighted by molar-refractivity contribution is 0.0948. The van der Waals surface area contributed by atoms with Gasteiger partial charge in [0, 0.05) is 6.54 Å². The van der Waals surface area contributed by atoms with Crippen LogP contribution in [0.5, 0.6) is 0 Å². The van der Waals surface area contributed by atoms with Crippen LogP contribution in [0.1, 0.15) is 15.9 Å². The summed E-state index contributed by atoms with van der Waals surface area (Å²) >= 11 is 0. The molecule has 25 heavy (non-hydrogen) atoms. The number of imidazole rings is 1. The molecule has 8 heteroatoms. The number of para-hydroxylation sites is 1. The third-order valence-corrected chi connectivity index (χ3v) is 3.86. The van der Waals surface area contributed by atoms with Crippen molar-refractivity contribution in [2.75, 3.05) is 0 Å². The molecule has 0 spiro atoms. The maximum atomic E-state index is 14.1. The van der Waals surface area contributed by atoms with Crippen LogP contribution in [0.15, 0.2) is 55.4 Å². The van der Waals surface area contributed by atoms with E-state index in [1.807, 2.05) is 24.3 Å². The zero-order valence-electron chi connectivity index (χ0n) is 13.0. The van der Waals surface area contributed by atoms with Crippen LogP contribution in [0.4, 0.5) is 4.39 Å². The first kappa shape index (κ1) is 15.0. The lowest BCUT2D eigenvalue weighted by Gasteiger charge is -2.11. The number of fused-ring (bicyclic) bond motifs is 1. The molecule has 2 aromatic carbocycles. The summed E-state index contributed by atoms with van der Waals surface area (Å²) in [6.07, 6.45) is 4.44. The topological polar surface area (TPSA) is 88.5 Å². The van der Waals surface area contributed by atoms with E-state index in [-0.39, 0.29) is 12.1 Å². The predicted molar refractivity (Wildman–Crippen MR) is 88.6 cm³/mol. The fraction of sp³-hybridized carbons (Fsp3) is 0.0588. The van der Waals surface area contributed by atoms with Crippen molar-refractivity contribution in [3.05, 3.63) is 72.3 Å². The van der Waals surface area contributed by atoms with Gasteiger partial charge in [0.15, 0.2) is 0 Å². The average Bonchev–Trinajstić information content (AvgIpc) is 3.31. The summed E-state index contributed by atoms with van der Waals surface area (Å²) < 4.78 is 15.7. The van der Waals surface area contributed by atoms with E-state index in [1.165, 1.54) is 18.7 Å². The second kappa shape index (κ2) is 6.16. The van der Waals surface area contributed by atoms with Gasteiger partial charge in [-0.1, -0.05) is 18.2 Å². The van der Waals surface area contributed by atoms with Crippen molar-refractivity contribution in [2.24, 2.45) is 0 Å². The first-order valence-corrected chi connectivity index (χ1v) is 7.57. The monoisotopic (exact) mass is 336 g/mol. The summed E-state index contributed by atoms with van der Waals surface area (Å²) in [6.45, 7) is 0.217. The van der Waals surface area contributed by atoms with Gasteiger partial charge in [-0.25, -0.2) is 19.0 Å². The Labute approximate surface area is 141 Å². The molecule has 0 aliphatic heterocycles. The summed E-state index contributed by atoms with van der Waals surface area (Å²) in [5.41, 5.74) is 2.46. The Morgan fingerprint density at radius 2 is 2.12 bits per heavy atom. The van der Waals surface area contributed by atoms with Gasteiger partial charge in [-0.3, -0.25) is 4.79 Å². The lowest BCUT2D eigenvalue weighted by atomic mass is 10.1. The Bertz CT molecular complexity index is 1040. The van der Waals surface area contributed by atoms with Gasteiger partial charge in [0.2, 0.25) is 0 Å². The summed E-state index contributed by atoms with van der Waals surface area (Å²) in [4.78, 5) is 23.3. The van der Waals surface area contributed by atoms with Crippen LogP contribution in [0.2, 0.25) is 0 Å². The number of hydrogen-bond acceptors (Lipinski definition) is 4. The second-order valence-corrected chi connectivity index (χ2v) is 5.37. The molecular formula is C17H13FN6O. The molecule has 7 nitrogen and oxygen atoms in total. The summed E-state index contributed by atoms with van der Waals surface area (Å²) in [5, 5.41) is 6.85. The molecule has 124 valence electrons. The van der Waals surface area contributed by atoms with Crippen LogP contribution < -0.4 is 5.32 Å². The highest BCUT2D eigenvalue weighted by Crippen LogP contribution is 2.19. The SMILES string of the molecule is O=C(NCc1ccccc1-n1cncn1)c1c(F)ccc2[nH]cnc12. The minimum Gasteiger partial charge on any atom is -0.348 e. The highest BCUT2D eigenvalue weighted by Gasteiger charge is 2.18. The van der Waals surface area contributed by atoms with E-state index in [0.717, 1.165) is 11.3 Å². The van der Waals surface area contributed by atoms with Crippen LogP contribution in [0, 0.1) is 5.82 Å². The molecule has 0 radical (unpaired) electrons. The fourth-order valence-corrected chi connectivity index (χ4v) is 2.68. The number of amides is 1. The Hall–Kier alpha value is -3.55. The molecule has 1 amide bonds. The third kappa shape index (κ3) is 2.74. The third-order valence-electron chi connectivity index (χ3n) is 3.86. The number of nitrogens with zero attached hydrogens (tertiary/aromatic N) is 4. The number of benzene rings is 2. The maximum absolute atomic E-state index is 14.1. The molecular weight excluding hydrogens is 323 g/mol. The highest BCUT2D eigenvalue weighted by atomic mass is 19.1. The first-order valence-electron chi connectivity index (χ1n) is 7.57. The predicted octanol–water partition coefficient (Wildman–Crippen LogP) is 2.21. The van der Waals surface area contributed by atoms with Crippen molar-refractivity contribution in [2.45, 2.75) is 6.54 Å². The molecule has 4 aromatic rings. The quantitative estimate of drug-likeness (QED) is 0.598. The molecule has 0 fully saturated rings. The largest absolute Gasteiger partial charge is 0.348 e. The van der Waals surface area contributed by atoms with E-state index in [9.17, 15) is 9.18 Å². The van der Waals surface area contributed by atoms with Crippen molar-refractivity contribution >= 4 is 16.9 Å². The summed E-state index contributed by atoms with van der Waals surface area (Å²) in [5.74, 6) is -1.13. The van der Waals surface area contributed by atoms with Crippen LogP contribution in [0.25, 0.3) is 16.7 Å². The normalized spacial score (nSPS) is 10.9. The van der Waals surface area contributed by atoms with E-state index < -0.39 is 11.7 Å². The lowest BCUT2D eigenvalue weighted by Crippen LogP contribution is -2.25. The first-order chi connectivity index (χ1) is 12.2. The van der Waals surface area contributed by atoms with E-state index in [1.54, 1.807) is 17.1 Å². The number of carbonyl (C=O) groups is 1. The number of aromatic nitrogens is 5. The van der Waals surface area contributed by atoms with Crippen molar-refractivity contribution < 1.29 is 9.18 Å². The molecule has 0 aliphatic rings. The van der Waals surface area contributed by atoms with Crippen molar-refractivity contribution in [3.8, 4) is 5.69 Å². The van der Waals surface area contributed by atoms with E-state index in [4.69, 9.17) is 0 Å². The zero-order chi connectivity index (χ0) is 17.2. The van der Waals surface area contributed by atoms with Crippen LogP contribution in [-0.4, -0.2) is 30.6 Å². The van der Waals surface area contributed by atoms with Crippen molar-refractivity contribution in [1.29, 1.82) is 0 Å². The summed E-state index contributed by atoms with van der Waals surface area (Å²) in [6, 6.07) is 10.3. The molecule has 0 saturated heterocycles. The zero-order valence-corrected chi connectivity index (χ0v) is 13.0. The molecule has 0 unspecified atom stereocenters. The molecule has 0 aliphatic carbocycles. The Morgan fingerprint density at radius 3 is 2.96 bits per heavy atom. The number of H-pyrrole nitrogens is 1. The van der Waals surface area contributed by atoms with Gasteiger partial charge in [0.25, 0.3) is 5.91 Å².